The number of aromatic nitrogens is 3. The summed E-state index contributed by atoms with van der Waals surface area (Å²) in [5.41, 5.74) is 2.87. The molecule has 0 aliphatic carbocycles. The fourth-order valence-electron chi connectivity index (χ4n) is 3.03. The van der Waals surface area contributed by atoms with Crippen molar-refractivity contribution in [2.24, 2.45) is 0 Å². The number of rotatable bonds is 5. The number of ether oxygens (including phenoxy) is 2. The number of halogens is 1. The molecule has 1 atom stereocenters. The van der Waals surface area contributed by atoms with Crippen molar-refractivity contribution in [3.8, 4) is 17.1 Å². The van der Waals surface area contributed by atoms with Crippen LogP contribution in [0.15, 0.2) is 54.7 Å². The summed E-state index contributed by atoms with van der Waals surface area (Å²) >= 11 is 0. The molecule has 4 rings (SSSR count). The molecule has 0 spiro atoms. The lowest BCUT2D eigenvalue weighted by Crippen LogP contribution is -2.18. The van der Waals surface area contributed by atoms with E-state index in [2.05, 4.69) is 10.1 Å². The highest BCUT2D eigenvalue weighted by atomic mass is 19.1. The topological polar surface area (TPSA) is 49.2 Å². The van der Waals surface area contributed by atoms with Gasteiger partial charge >= 0.3 is 0 Å². The van der Waals surface area contributed by atoms with Gasteiger partial charge in [-0.3, -0.25) is 0 Å². The first-order chi connectivity index (χ1) is 12.8. The van der Waals surface area contributed by atoms with Crippen LogP contribution in [0.4, 0.5) is 4.39 Å². The van der Waals surface area contributed by atoms with E-state index in [1.807, 2.05) is 41.2 Å². The molecule has 0 saturated carbocycles. The van der Waals surface area contributed by atoms with Crippen molar-refractivity contribution in [1.29, 1.82) is 0 Å². The van der Waals surface area contributed by atoms with Gasteiger partial charge in [0.2, 0.25) is 11.8 Å². The third kappa shape index (κ3) is 3.91. The molecule has 1 aromatic carbocycles. The Labute approximate surface area is 151 Å². The quantitative estimate of drug-likeness (QED) is 0.640. The Kier molecular flexibility index (Phi) is 4.93. The second-order valence-corrected chi connectivity index (χ2v) is 6.29. The van der Waals surface area contributed by atoms with E-state index in [0.717, 1.165) is 36.3 Å². The monoisotopic (exact) mass is 353 g/mol. The third-order valence-electron chi connectivity index (χ3n) is 4.36. The summed E-state index contributed by atoms with van der Waals surface area (Å²) in [5.74, 6) is -0.277. The molecule has 0 N–H and O–H groups in total. The zero-order valence-corrected chi connectivity index (χ0v) is 14.3. The summed E-state index contributed by atoms with van der Waals surface area (Å²) < 4.78 is 26.4. The summed E-state index contributed by atoms with van der Waals surface area (Å²) in [6.07, 6.45) is 5.28. The van der Waals surface area contributed by atoms with Crippen LogP contribution < -0.4 is 4.74 Å². The van der Waals surface area contributed by atoms with Gasteiger partial charge in [-0.05, 0) is 43.0 Å². The van der Waals surface area contributed by atoms with Gasteiger partial charge < -0.3 is 9.47 Å². The molecule has 1 aliphatic heterocycles. The zero-order valence-electron chi connectivity index (χ0n) is 14.3. The van der Waals surface area contributed by atoms with Gasteiger partial charge in [-0.15, -0.1) is 0 Å². The molecule has 6 heteroatoms. The minimum Gasteiger partial charge on any atom is -0.473 e. The van der Waals surface area contributed by atoms with Gasteiger partial charge in [0.15, 0.2) is 0 Å². The van der Waals surface area contributed by atoms with E-state index in [9.17, 15) is 4.39 Å². The van der Waals surface area contributed by atoms with Crippen LogP contribution in [0.5, 0.6) is 5.88 Å². The lowest BCUT2D eigenvalue weighted by atomic mass is 10.1. The van der Waals surface area contributed by atoms with Crippen molar-refractivity contribution in [1.82, 2.24) is 14.8 Å². The van der Waals surface area contributed by atoms with Crippen molar-refractivity contribution in [2.75, 3.05) is 6.61 Å². The first-order valence-electron chi connectivity index (χ1n) is 8.79. The Hall–Kier alpha value is -2.73. The Morgan fingerprint density at radius 1 is 1.15 bits per heavy atom. The van der Waals surface area contributed by atoms with Crippen LogP contribution in [-0.4, -0.2) is 21.4 Å². The molecule has 1 saturated heterocycles. The molecule has 26 heavy (non-hydrogen) atoms. The predicted molar refractivity (Wildman–Crippen MR) is 95.0 cm³/mol. The smallest absolute Gasteiger partial charge is 0.216 e. The minimum absolute atomic E-state index is 0.0306. The number of hydrogen-bond acceptors (Lipinski definition) is 4. The van der Waals surface area contributed by atoms with Crippen molar-refractivity contribution < 1.29 is 13.9 Å². The molecule has 0 amide bonds. The standard InChI is InChI=1S/C20H20FN3O2/c21-18-7-4-8-19(22-18)26-14-15-5-3-6-16(13-15)17-10-11-24(23-17)20-9-1-2-12-25-20/h3-8,10-11,13,20H,1-2,9,12,14H2. The van der Waals surface area contributed by atoms with Crippen LogP contribution in [0.1, 0.15) is 31.1 Å². The van der Waals surface area contributed by atoms with Crippen molar-refractivity contribution in [2.45, 2.75) is 32.1 Å². The summed E-state index contributed by atoms with van der Waals surface area (Å²) in [6.45, 7) is 1.11. The van der Waals surface area contributed by atoms with Crippen LogP contribution in [0.3, 0.4) is 0 Å². The molecule has 1 fully saturated rings. The van der Waals surface area contributed by atoms with E-state index in [1.165, 1.54) is 12.5 Å². The van der Waals surface area contributed by atoms with Gasteiger partial charge in [-0.25, -0.2) is 4.68 Å². The molecule has 1 unspecified atom stereocenters. The minimum atomic E-state index is -0.549. The molecule has 134 valence electrons. The van der Waals surface area contributed by atoms with E-state index < -0.39 is 5.95 Å². The molecular formula is C20H20FN3O2. The van der Waals surface area contributed by atoms with Crippen LogP contribution in [-0.2, 0) is 11.3 Å². The van der Waals surface area contributed by atoms with Gasteiger partial charge in [0.05, 0.1) is 5.69 Å². The molecule has 0 bridgehead atoms. The molecule has 1 aliphatic rings. The van der Waals surface area contributed by atoms with E-state index in [-0.39, 0.29) is 12.1 Å². The molecular weight excluding hydrogens is 333 g/mol. The fourth-order valence-corrected chi connectivity index (χ4v) is 3.03. The highest BCUT2D eigenvalue weighted by Gasteiger charge is 2.16. The lowest BCUT2D eigenvalue weighted by molar-refractivity contribution is -0.0393. The average molecular weight is 353 g/mol. The van der Waals surface area contributed by atoms with E-state index in [4.69, 9.17) is 9.47 Å². The maximum atomic E-state index is 13.1. The largest absolute Gasteiger partial charge is 0.473 e. The van der Waals surface area contributed by atoms with Gasteiger partial charge in [0.1, 0.15) is 12.8 Å². The maximum absolute atomic E-state index is 13.1. The fraction of sp³-hybridized carbons (Fsp3) is 0.300. The Bertz CT molecular complexity index is 875. The first-order valence-corrected chi connectivity index (χ1v) is 8.79. The Morgan fingerprint density at radius 2 is 2.08 bits per heavy atom. The number of hydrogen-bond donors (Lipinski definition) is 0. The van der Waals surface area contributed by atoms with Gasteiger partial charge in [0.25, 0.3) is 0 Å². The molecule has 3 heterocycles. The van der Waals surface area contributed by atoms with Crippen LogP contribution >= 0.6 is 0 Å². The summed E-state index contributed by atoms with van der Waals surface area (Å²) in [5, 5.41) is 4.66. The molecule has 0 radical (unpaired) electrons. The second-order valence-electron chi connectivity index (χ2n) is 6.29. The third-order valence-corrected chi connectivity index (χ3v) is 4.36. The number of pyridine rings is 1. The van der Waals surface area contributed by atoms with Gasteiger partial charge in [-0.2, -0.15) is 14.5 Å². The zero-order chi connectivity index (χ0) is 17.8. The van der Waals surface area contributed by atoms with E-state index >= 15 is 0 Å². The van der Waals surface area contributed by atoms with E-state index in [1.54, 1.807) is 12.1 Å². The number of benzene rings is 1. The normalized spacial score (nSPS) is 17.2. The van der Waals surface area contributed by atoms with Crippen molar-refractivity contribution in [3.63, 3.8) is 0 Å². The van der Waals surface area contributed by atoms with Crippen LogP contribution in [0.25, 0.3) is 11.3 Å². The summed E-state index contributed by atoms with van der Waals surface area (Å²) in [4.78, 5) is 3.71. The van der Waals surface area contributed by atoms with Crippen LogP contribution in [0.2, 0.25) is 0 Å². The molecule has 5 nitrogen and oxygen atoms in total. The summed E-state index contributed by atoms with van der Waals surface area (Å²) in [7, 11) is 0. The highest BCUT2D eigenvalue weighted by molar-refractivity contribution is 5.59. The highest BCUT2D eigenvalue weighted by Crippen LogP contribution is 2.25. The predicted octanol–water partition coefficient (Wildman–Crippen LogP) is 4.36. The summed E-state index contributed by atoms with van der Waals surface area (Å²) in [6, 6.07) is 14.5. The molecule has 2 aromatic heterocycles. The molecule has 3 aromatic rings. The number of nitrogens with zero attached hydrogens (tertiary/aromatic N) is 3. The van der Waals surface area contributed by atoms with E-state index in [0.29, 0.717) is 6.61 Å². The van der Waals surface area contributed by atoms with Crippen molar-refractivity contribution in [3.05, 3.63) is 66.2 Å². The van der Waals surface area contributed by atoms with Crippen LogP contribution in [0, 0.1) is 5.95 Å². The lowest BCUT2D eigenvalue weighted by Gasteiger charge is -2.22. The SMILES string of the molecule is Fc1cccc(OCc2cccc(-c3ccn(C4CCCCO4)n3)c2)n1. The Morgan fingerprint density at radius 3 is 2.92 bits per heavy atom. The average Bonchev–Trinajstić information content (AvgIpc) is 3.18. The first kappa shape index (κ1) is 16.7. The Balaban J connectivity index is 1.46. The van der Waals surface area contributed by atoms with Crippen molar-refractivity contribution >= 4 is 0 Å². The maximum Gasteiger partial charge on any atom is 0.216 e. The second kappa shape index (κ2) is 7.66. The van der Waals surface area contributed by atoms with Gasteiger partial charge in [0, 0.05) is 24.4 Å². The van der Waals surface area contributed by atoms with Gasteiger partial charge in [-0.1, -0.05) is 24.3 Å².